The fourth-order valence-corrected chi connectivity index (χ4v) is 0.711. The number of nitriles is 1. The van der Waals surface area contributed by atoms with E-state index in [1.807, 2.05) is 0 Å². The van der Waals surface area contributed by atoms with Gasteiger partial charge in [0.05, 0.1) is 0 Å². The van der Waals surface area contributed by atoms with E-state index in [0.29, 0.717) is 18.2 Å². The van der Waals surface area contributed by atoms with Gasteiger partial charge < -0.3 is 0 Å². The van der Waals surface area contributed by atoms with Gasteiger partial charge in [0, 0.05) is 23.1 Å². The van der Waals surface area contributed by atoms with Crippen LogP contribution in [0.2, 0.25) is 0 Å². The number of thiocyanates is 1. The topological polar surface area (TPSA) is 66.9 Å². The molecule has 0 aromatic rings. The van der Waals surface area contributed by atoms with Crippen LogP contribution in [0.15, 0.2) is 0 Å². The van der Waals surface area contributed by atoms with Crippen LogP contribution in [0.1, 0.15) is 13.3 Å². The van der Waals surface area contributed by atoms with Gasteiger partial charge in [0.15, 0.2) is 0 Å². The Bertz CT molecular complexity index is 142. The van der Waals surface area contributed by atoms with Gasteiger partial charge in [0.2, 0.25) is 0 Å². The molecule has 5 heteroatoms. The van der Waals surface area contributed by atoms with Crippen LogP contribution in [0, 0.1) is 20.8 Å². The third-order valence-electron chi connectivity index (χ3n) is 0.773. The summed E-state index contributed by atoms with van der Waals surface area (Å²) in [5.41, 5.74) is 0. The van der Waals surface area contributed by atoms with Gasteiger partial charge in [-0.05, 0) is 0 Å². The van der Waals surface area contributed by atoms with Crippen molar-refractivity contribution in [1.29, 1.82) is 5.26 Å². The van der Waals surface area contributed by atoms with E-state index >= 15 is 0 Å². The summed E-state index contributed by atoms with van der Waals surface area (Å²) in [6.07, 6.45) is 0.394. The molecule has 0 heterocycles. The van der Waals surface area contributed by atoms with Crippen molar-refractivity contribution in [3.05, 3.63) is 10.1 Å². The van der Waals surface area contributed by atoms with Gasteiger partial charge >= 0.3 is 0 Å². The number of thioether (sulfide) groups is 1. The van der Waals surface area contributed by atoms with Crippen LogP contribution in [-0.4, -0.2) is 10.3 Å². The lowest BCUT2D eigenvalue weighted by Crippen LogP contribution is -2.12. The van der Waals surface area contributed by atoms with Crippen LogP contribution in [0.25, 0.3) is 0 Å². The maximum absolute atomic E-state index is 9.95. The largest absolute Gasteiger partial charge is 0.271 e. The Morgan fingerprint density at radius 3 is 2.67 bits per heavy atom. The van der Waals surface area contributed by atoms with Gasteiger partial charge in [0.1, 0.15) is 5.40 Å². The molecule has 0 amide bonds. The summed E-state index contributed by atoms with van der Waals surface area (Å²) in [5.74, 6) is 0. The SMILES string of the molecule is CCC(SC#N)[N+](=O)[O-]. The van der Waals surface area contributed by atoms with Crippen molar-refractivity contribution in [1.82, 2.24) is 0 Å². The summed E-state index contributed by atoms with van der Waals surface area (Å²) in [4.78, 5) is 9.50. The van der Waals surface area contributed by atoms with Crippen molar-refractivity contribution in [2.24, 2.45) is 0 Å². The molecule has 0 aliphatic carbocycles. The summed E-state index contributed by atoms with van der Waals surface area (Å²) in [6.45, 7) is 1.68. The third kappa shape index (κ3) is 2.93. The van der Waals surface area contributed by atoms with Crippen LogP contribution in [0.5, 0.6) is 0 Å². The molecular weight excluding hydrogens is 140 g/mol. The lowest BCUT2D eigenvalue weighted by Gasteiger charge is -1.97. The molecule has 0 fully saturated rings. The molecule has 4 nitrogen and oxygen atoms in total. The molecular formula is C4H6N2O2S. The highest BCUT2D eigenvalue weighted by Gasteiger charge is 2.16. The van der Waals surface area contributed by atoms with Crippen LogP contribution in [-0.2, 0) is 0 Å². The van der Waals surface area contributed by atoms with Crippen LogP contribution < -0.4 is 0 Å². The first-order valence-electron chi connectivity index (χ1n) is 2.40. The first kappa shape index (κ1) is 8.24. The van der Waals surface area contributed by atoms with E-state index in [4.69, 9.17) is 5.26 Å². The fourth-order valence-electron chi connectivity index (χ4n) is 0.336. The number of nitrogens with zero attached hydrogens (tertiary/aromatic N) is 2. The maximum Gasteiger partial charge on any atom is 0.271 e. The van der Waals surface area contributed by atoms with Gasteiger partial charge in [0.25, 0.3) is 5.37 Å². The van der Waals surface area contributed by atoms with Crippen molar-refractivity contribution in [3.8, 4) is 5.40 Å². The van der Waals surface area contributed by atoms with Crippen molar-refractivity contribution in [2.75, 3.05) is 0 Å². The molecule has 9 heavy (non-hydrogen) atoms. The van der Waals surface area contributed by atoms with Gasteiger partial charge in [-0.2, -0.15) is 5.26 Å². The Kier molecular flexibility index (Phi) is 3.80. The molecule has 0 aromatic heterocycles. The average Bonchev–Trinajstić information content (AvgIpc) is 1.82. The molecule has 0 aliphatic heterocycles. The molecule has 0 saturated heterocycles. The van der Waals surface area contributed by atoms with Crippen molar-refractivity contribution in [3.63, 3.8) is 0 Å². The maximum atomic E-state index is 9.95. The number of hydrogen-bond donors (Lipinski definition) is 0. The van der Waals surface area contributed by atoms with E-state index < -0.39 is 10.3 Å². The van der Waals surface area contributed by atoms with E-state index in [2.05, 4.69) is 0 Å². The summed E-state index contributed by atoms with van der Waals surface area (Å²) in [5, 5.41) is 18.9. The molecule has 0 bridgehead atoms. The summed E-state index contributed by atoms with van der Waals surface area (Å²) in [6, 6.07) is 0. The average molecular weight is 146 g/mol. The minimum atomic E-state index is -0.755. The molecule has 0 spiro atoms. The summed E-state index contributed by atoms with van der Waals surface area (Å²) in [7, 11) is 0. The predicted octanol–water partition coefficient (Wildman–Crippen LogP) is 1.21. The molecule has 0 N–H and O–H groups in total. The fraction of sp³-hybridized carbons (Fsp3) is 0.750. The highest BCUT2D eigenvalue weighted by atomic mass is 32.2. The van der Waals surface area contributed by atoms with E-state index in [9.17, 15) is 10.1 Å². The first-order chi connectivity index (χ1) is 4.22. The zero-order valence-electron chi connectivity index (χ0n) is 4.90. The quantitative estimate of drug-likeness (QED) is 0.260. The summed E-state index contributed by atoms with van der Waals surface area (Å²) >= 11 is 0.691. The van der Waals surface area contributed by atoms with Gasteiger partial charge in [-0.3, -0.25) is 10.1 Å². The molecule has 50 valence electrons. The number of nitro groups is 1. The van der Waals surface area contributed by atoms with Crippen LogP contribution in [0.3, 0.4) is 0 Å². The molecule has 0 saturated carbocycles. The second kappa shape index (κ2) is 4.15. The van der Waals surface area contributed by atoms with Gasteiger partial charge in [-0.1, -0.05) is 6.92 Å². The summed E-state index contributed by atoms with van der Waals surface area (Å²) < 4.78 is 0. The minimum absolute atomic E-state index is 0.394. The van der Waals surface area contributed by atoms with Crippen molar-refractivity contribution < 1.29 is 4.92 Å². The lowest BCUT2D eigenvalue weighted by molar-refractivity contribution is -0.495. The highest BCUT2D eigenvalue weighted by molar-refractivity contribution is 8.04. The standard InChI is InChI=1S/C4H6N2O2S/c1-2-4(6(7)8)9-3-5/h4H,2H2,1H3. The van der Waals surface area contributed by atoms with Gasteiger partial charge in [-0.25, -0.2) is 0 Å². The lowest BCUT2D eigenvalue weighted by atomic mass is 10.5. The predicted molar refractivity (Wildman–Crippen MR) is 34.3 cm³/mol. The van der Waals surface area contributed by atoms with E-state index in [1.165, 1.54) is 0 Å². The van der Waals surface area contributed by atoms with Crippen LogP contribution >= 0.6 is 11.8 Å². The Morgan fingerprint density at radius 2 is 2.56 bits per heavy atom. The van der Waals surface area contributed by atoms with E-state index in [0.717, 1.165) is 0 Å². The Morgan fingerprint density at radius 1 is 2.00 bits per heavy atom. The second-order valence-electron chi connectivity index (χ2n) is 1.36. The smallest absolute Gasteiger partial charge is 0.263 e. The zero-order chi connectivity index (χ0) is 7.28. The first-order valence-corrected chi connectivity index (χ1v) is 3.28. The van der Waals surface area contributed by atoms with E-state index in [1.54, 1.807) is 12.3 Å². The Hall–Kier alpha value is -0.760. The minimum Gasteiger partial charge on any atom is -0.263 e. The number of hydrogen-bond acceptors (Lipinski definition) is 4. The number of rotatable bonds is 3. The van der Waals surface area contributed by atoms with Crippen molar-refractivity contribution in [2.45, 2.75) is 18.7 Å². The van der Waals surface area contributed by atoms with Crippen LogP contribution in [0.4, 0.5) is 0 Å². The second-order valence-corrected chi connectivity index (χ2v) is 2.32. The molecule has 0 aromatic carbocycles. The Balaban J connectivity index is 3.71. The third-order valence-corrected chi connectivity index (χ3v) is 1.66. The van der Waals surface area contributed by atoms with Gasteiger partial charge in [-0.15, -0.1) is 0 Å². The van der Waals surface area contributed by atoms with Crippen molar-refractivity contribution >= 4 is 11.8 Å². The molecule has 0 rings (SSSR count). The zero-order valence-corrected chi connectivity index (χ0v) is 5.72. The normalized spacial score (nSPS) is 12.0. The molecule has 1 atom stereocenters. The monoisotopic (exact) mass is 146 g/mol. The Labute approximate surface area is 57.0 Å². The van der Waals surface area contributed by atoms with E-state index in [-0.39, 0.29) is 0 Å². The molecule has 1 unspecified atom stereocenters. The molecule has 0 radical (unpaired) electrons. The molecule has 0 aliphatic rings. The highest BCUT2D eigenvalue weighted by Crippen LogP contribution is 2.11.